The molecule has 2 saturated heterocycles. The van der Waals surface area contributed by atoms with Gasteiger partial charge in [0.2, 0.25) is 5.91 Å². The summed E-state index contributed by atoms with van der Waals surface area (Å²) in [6, 6.07) is 8.16. The minimum atomic E-state index is 0.233. The third-order valence-electron chi connectivity index (χ3n) is 5.23. The second-order valence-corrected chi connectivity index (χ2v) is 6.85. The Labute approximate surface area is 142 Å². The van der Waals surface area contributed by atoms with Crippen LogP contribution in [0.1, 0.15) is 18.4 Å². The Kier molecular flexibility index (Phi) is 4.54. The average molecular weight is 327 g/mol. The van der Waals surface area contributed by atoms with Crippen LogP contribution in [-0.2, 0) is 16.0 Å². The first-order valence-electron chi connectivity index (χ1n) is 8.96. The summed E-state index contributed by atoms with van der Waals surface area (Å²) in [4.78, 5) is 20.3. The summed E-state index contributed by atoms with van der Waals surface area (Å²) in [5.41, 5.74) is 2.19. The number of aromatic amines is 1. The molecule has 0 bridgehead atoms. The van der Waals surface area contributed by atoms with Crippen molar-refractivity contribution < 1.29 is 9.53 Å². The maximum Gasteiger partial charge on any atom is 0.227 e. The number of amides is 1. The van der Waals surface area contributed by atoms with E-state index in [2.05, 4.69) is 16.0 Å². The monoisotopic (exact) mass is 327 g/mol. The van der Waals surface area contributed by atoms with Crippen molar-refractivity contribution in [3.05, 3.63) is 36.0 Å². The Balaban J connectivity index is 1.31. The van der Waals surface area contributed by atoms with Crippen molar-refractivity contribution >= 4 is 16.8 Å². The fraction of sp³-hybridized carbons (Fsp3) is 0.526. The fourth-order valence-corrected chi connectivity index (χ4v) is 3.81. The zero-order chi connectivity index (χ0) is 16.4. The number of ether oxygens (including phenoxy) is 1. The first-order valence-corrected chi connectivity index (χ1v) is 8.96. The maximum atomic E-state index is 12.6. The Hall–Kier alpha value is -1.85. The van der Waals surface area contributed by atoms with Crippen LogP contribution in [0, 0.1) is 0 Å². The van der Waals surface area contributed by atoms with Gasteiger partial charge in [0, 0.05) is 56.4 Å². The highest BCUT2D eigenvalue weighted by Crippen LogP contribution is 2.19. The topological polar surface area (TPSA) is 48.6 Å². The Morgan fingerprint density at radius 1 is 1.21 bits per heavy atom. The molecule has 1 amide bonds. The van der Waals surface area contributed by atoms with Gasteiger partial charge in [0.05, 0.1) is 12.5 Å². The fourth-order valence-electron chi connectivity index (χ4n) is 3.81. The summed E-state index contributed by atoms with van der Waals surface area (Å²) in [6.45, 7) is 5.50. The van der Waals surface area contributed by atoms with Crippen molar-refractivity contribution in [3.8, 4) is 0 Å². The zero-order valence-electron chi connectivity index (χ0n) is 14.0. The first-order chi connectivity index (χ1) is 11.8. The van der Waals surface area contributed by atoms with Crippen LogP contribution in [0.2, 0.25) is 0 Å². The molecule has 4 rings (SSSR count). The number of fused-ring (bicyclic) bond motifs is 1. The molecule has 0 aliphatic carbocycles. The highest BCUT2D eigenvalue weighted by atomic mass is 16.5. The molecule has 2 fully saturated rings. The normalized spacial score (nSPS) is 22.3. The number of hydrogen-bond donors (Lipinski definition) is 1. The number of carbonyl (C=O) groups is 1. The van der Waals surface area contributed by atoms with E-state index in [-0.39, 0.29) is 5.91 Å². The molecule has 2 aliphatic heterocycles. The smallest absolute Gasteiger partial charge is 0.227 e. The van der Waals surface area contributed by atoms with Crippen LogP contribution >= 0.6 is 0 Å². The molecule has 2 aliphatic rings. The van der Waals surface area contributed by atoms with E-state index in [4.69, 9.17) is 4.74 Å². The van der Waals surface area contributed by atoms with Crippen LogP contribution in [0.5, 0.6) is 0 Å². The number of piperazine rings is 1. The molecule has 24 heavy (non-hydrogen) atoms. The molecule has 5 nitrogen and oxygen atoms in total. The van der Waals surface area contributed by atoms with Crippen LogP contribution < -0.4 is 0 Å². The van der Waals surface area contributed by atoms with Gasteiger partial charge in [-0.3, -0.25) is 9.69 Å². The van der Waals surface area contributed by atoms with Crippen molar-refractivity contribution in [1.29, 1.82) is 0 Å². The maximum absolute atomic E-state index is 12.6. The Bertz CT molecular complexity index is 697. The predicted molar refractivity (Wildman–Crippen MR) is 94.0 cm³/mol. The molecule has 0 unspecified atom stereocenters. The van der Waals surface area contributed by atoms with Gasteiger partial charge < -0.3 is 14.6 Å². The van der Waals surface area contributed by atoms with Gasteiger partial charge in [-0.25, -0.2) is 0 Å². The van der Waals surface area contributed by atoms with E-state index < -0.39 is 0 Å². The lowest BCUT2D eigenvalue weighted by atomic mass is 10.1. The van der Waals surface area contributed by atoms with Gasteiger partial charge in [-0.05, 0) is 24.5 Å². The van der Waals surface area contributed by atoms with Gasteiger partial charge in [-0.2, -0.15) is 0 Å². The van der Waals surface area contributed by atoms with Crippen molar-refractivity contribution in [2.45, 2.75) is 25.4 Å². The van der Waals surface area contributed by atoms with Gasteiger partial charge in [0.25, 0.3) is 0 Å². The van der Waals surface area contributed by atoms with Crippen LogP contribution in [0.3, 0.4) is 0 Å². The zero-order valence-corrected chi connectivity index (χ0v) is 14.0. The Morgan fingerprint density at radius 2 is 2.04 bits per heavy atom. The minimum absolute atomic E-state index is 0.233. The molecule has 0 saturated carbocycles. The van der Waals surface area contributed by atoms with Crippen LogP contribution in [0.4, 0.5) is 0 Å². The minimum Gasteiger partial charge on any atom is -0.377 e. The van der Waals surface area contributed by atoms with Gasteiger partial charge in [0.15, 0.2) is 0 Å². The summed E-state index contributed by atoms with van der Waals surface area (Å²) in [5, 5.41) is 1.16. The van der Waals surface area contributed by atoms with E-state index in [0.29, 0.717) is 12.5 Å². The number of rotatable bonds is 4. The summed E-state index contributed by atoms with van der Waals surface area (Å²) < 4.78 is 5.72. The molecule has 5 heteroatoms. The quantitative estimate of drug-likeness (QED) is 0.935. The number of hydrogen-bond acceptors (Lipinski definition) is 3. The highest BCUT2D eigenvalue weighted by molar-refractivity contribution is 5.88. The van der Waals surface area contributed by atoms with Crippen LogP contribution in [0.25, 0.3) is 10.9 Å². The van der Waals surface area contributed by atoms with Crippen molar-refractivity contribution in [2.75, 3.05) is 39.3 Å². The van der Waals surface area contributed by atoms with Gasteiger partial charge in [-0.15, -0.1) is 0 Å². The van der Waals surface area contributed by atoms with Crippen LogP contribution in [0.15, 0.2) is 30.5 Å². The molecular weight excluding hydrogens is 302 g/mol. The molecule has 2 aromatic rings. The number of para-hydroxylation sites is 1. The molecular formula is C19H25N3O2. The summed E-state index contributed by atoms with van der Waals surface area (Å²) in [6.07, 6.45) is 5.22. The second-order valence-electron chi connectivity index (χ2n) is 6.85. The number of carbonyl (C=O) groups excluding carboxylic acids is 1. The largest absolute Gasteiger partial charge is 0.377 e. The van der Waals surface area contributed by atoms with E-state index in [0.717, 1.165) is 55.8 Å². The van der Waals surface area contributed by atoms with Crippen molar-refractivity contribution in [1.82, 2.24) is 14.8 Å². The summed E-state index contributed by atoms with van der Waals surface area (Å²) in [5.74, 6) is 0.233. The van der Waals surface area contributed by atoms with E-state index in [1.807, 2.05) is 29.3 Å². The average Bonchev–Trinajstić information content (AvgIpc) is 3.26. The lowest BCUT2D eigenvalue weighted by molar-refractivity contribution is -0.132. The lowest BCUT2D eigenvalue weighted by Gasteiger charge is -2.35. The molecule has 3 heterocycles. The Morgan fingerprint density at radius 3 is 2.83 bits per heavy atom. The first kappa shape index (κ1) is 15.7. The van der Waals surface area contributed by atoms with Crippen LogP contribution in [-0.4, -0.2) is 66.1 Å². The molecule has 0 spiro atoms. The van der Waals surface area contributed by atoms with E-state index >= 15 is 0 Å². The second kappa shape index (κ2) is 6.95. The number of benzene rings is 1. The van der Waals surface area contributed by atoms with E-state index in [1.165, 1.54) is 12.8 Å². The standard InChI is InChI=1S/C19H25N3O2/c23-19(12-15-13-20-18-6-2-1-5-17(15)18)22-9-7-21(8-10-22)14-16-4-3-11-24-16/h1-2,5-6,13,16,20H,3-4,7-12,14H2/t16-/m1/s1. The number of nitrogens with zero attached hydrogens (tertiary/aromatic N) is 2. The highest BCUT2D eigenvalue weighted by Gasteiger charge is 2.25. The summed E-state index contributed by atoms with van der Waals surface area (Å²) in [7, 11) is 0. The SMILES string of the molecule is O=C(Cc1c[nH]c2ccccc12)N1CCN(C[C@H]2CCCO2)CC1. The molecule has 0 radical (unpaired) electrons. The third kappa shape index (κ3) is 3.32. The number of aromatic nitrogens is 1. The molecule has 1 N–H and O–H groups in total. The van der Waals surface area contributed by atoms with Gasteiger partial charge in [-0.1, -0.05) is 18.2 Å². The molecule has 1 aromatic carbocycles. The van der Waals surface area contributed by atoms with Gasteiger partial charge >= 0.3 is 0 Å². The number of nitrogens with one attached hydrogen (secondary N) is 1. The predicted octanol–water partition coefficient (Wildman–Crippen LogP) is 2.03. The molecule has 128 valence electrons. The molecule has 1 aromatic heterocycles. The van der Waals surface area contributed by atoms with Gasteiger partial charge in [0.1, 0.15) is 0 Å². The van der Waals surface area contributed by atoms with Crippen molar-refractivity contribution in [3.63, 3.8) is 0 Å². The summed E-state index contributed by atoms with van der Waals surface area (Å²) >= 11 is 0. The lowest BCUT2D eigenvalue weighted by Crippen LogP contribution is -2.50. The third-order valence-corrected chi connectivity index (χ3v) is 5.23. The van der Waals surface area contributed by atoms with Crippen molar-refractivity contribution in [2.24, 2.45) is 0 Å². The van der Waals surface area contributed by atoms with E-state index in [1.54, 1.807) is 0 Å². The number of H-pyrrole nitrogens is 1. The molecule has 1 atom stereocenters. The van der Waals surface area contributed by atoms with E-state index in [9.17, 15) is 4.79 Å².